The Balaban J connectivity index is 0.901. The first kappa shape index (κ1) is 28.3. The van der Waals surface area contributed by atoms with E-state index in [0.717, 1.165) is 79.2 Å². The van der Waals surface area contributed by atoms with Crippen LogP contribution >= 0.6 is 0 Å². The lowest BCUT2D eigenvalue weighted by atomic mass is 10.3. The van der Waals surface area contributed by atoms with Gasteiger partial charge in [-0.1, -0.05) is 24.3 Å². The van der Waals surface area contributed by atoms with Crippen molar-refractivity contribution >= 4 is 33.9 Å². The number of carbonyl (C=O) groups is 2. The summed E-state index contributed by atoms with van der Waals surface area (Å²) in [7, 11) is 0. The summed E-state index contributed by atoms with van der Waals surface area (Å²) in [4.78, 5) is 39.7. The van der Waals surface area contributed by atoms with Gasteiger partial charge >= 0.3 is 0 Å². The molecule has 208 valence electrons. The summed E-state index contributed by atoms with van der Waals surface area (Å²) >= 11 is 0. The zero-order chi connectivity index (χ0) is 27.1. The predicted octanol–water partition coefficient (Wildman–Crippen LogP) is 2.59. The Morgan fingerprint density at radius 1 is 0.590 bits per heavy atom. The molecule has 6 N–H and O–H groups in total. The predicted molar refractivity (Wildman–Crippen MR) is 154 cm³/mol. The minimum absolute atomic E-state index is 0.0575. The van der Waals surface area contributed by atoms with E-state index in [1.54, 1.807) is 0 Å². The van der Waals surface area contributed by atoms with Crippen LogP contribution in [-0.4, -0.2) is 71.0 Å². The van der Waals surface area contributed by atoms with Gasteiger partial charge in [0.15, 0.2) is 0 Å². The SMILES string of the molecule is O=C(CCc1nc2ccccc2[nH]1)NCCCNCCCNCCCNC(=O)CCc1nc2ccccc2[nH]1. The van der Waals surface area contributed by atoms with Crippen LogP contribution in [0.5, 0.6) is 0 Å². The Labute approximate surface area is 229 Å². The smallest absolute Gasteiger partial charge is 0.220 e. The average Bonchev–Trinajstić information content (AvgIpc) is 3.56. The molecule has 0 aliphatic heterocycles. The maximum Gasteiger partial charge on any atom is 0.220 e. The standard InChI is InChI=1S/C29H40N8O2/c38-28(14-12-26-34-22-8-1-2-9-23(22)35-26)32-20-6-18-30-16-5-17-31-19-7-21-33-29(39)15-13-27-36-24-10-3-4-11-25(24)37-27/h1-4,8-11,30-31H,5-7,12-21H2,(H,32,38)(H,33,39)(H,34,35)(H,36,37). The second kappa shape index (κ2) is 15.6. The topological polar surface area (TPSA) is 140 Å². The van der Waals surface area contributed by atoms with Crippen LogP contribution in [0, 0.1) is 0 Å². The fourth-order valence-electron chi connectivity index (χ4n) is 4.36. The van der Waals surface area contributed by atoms with Gasteiger partial charge in [0.1, 0.15) is 11.6 Å². The molecule has 39 heavy (non-hydrogen) atoms. The van der Waals surface area contributed by atoms with E-state index in [-0.39, 0.29) is 11.8 Å². The third-order valence-corrected chi connectivity index (χ3v) is 6.47. The van der Waals surface area contributed by atoms with Crippen LogP contribution in [0.2, 0.25) is 0 Å². The zero-order valence-corrected chi connectivity index (χ0v) is 22.5. The molecule has 2 aromatic heterocycles. The molecule has 0 saturated heterocycles. The first-order valence-corrected chi connectivity index (χ1v) is 14.0. The maximum absolute atomic E-state index is 12.1. The Morgan fingerprint density at radius 3 is 1.44 bits per heavy atom. The van der Waals surface area contributed by atoms with E-state index in [1.807, 2.05) is 48.5 Å². The molecule has 2 aromatic carbocycles. The molecule has 0 unspecified atom stereocenters. The van der Waals surface area contributed by atoms with Gasteiger partial charge < -0.3 is 31.2 Å². The number of fused-ring (bicyclic) bond motifs is 2. The molecular weight excluding hydrogens is 492 g/mol. The fourth-order valence-corrected chi connectivity index (χ4v) is 4.36. The summed E-state index contributed by atoms with van der Waals surface area (Å²) in [6.45, 7) is 4.98. The van der Waals surface area contributed by atoms with Crippen molar-refractivity contribution < 1.29 is 9.59 Å². The molecule has 2 heterocycles. The number of aromatic amines is 2. The molecule has 0 aliphatic rings. The van der Waals surface area contributed by atoms with Crippen molar-refractivity contribution in [3.8, 4) is 0 Å². The Bertz CT molecular complexity index is 1150. The largest absolute Gasteiger partial charge is 0.356 e. The van der Waals surface area contributed by atoms with Gasteiger partial charge in [-0.15, -0.1) is 0 Å². The summed E-state index contributed by atoms with van der Waals surface area (Å²) in [6.07, 6.45) is 4.94. The Morgan fingerprint density at radius 2 is 1.00 bits per heavy atom. The van der Waals surface area contributed by atoms with Crippen molar-refractivity contribution in [3.05, 3.63) is 60.2 Å². The molecule has 0 aliphatic carbocycles. The molecule has 0 radical (unpaired) electrons. The van der Waals surface area contributed by atoms with E-state index in [4.69, 9.17) is 0 Å². The van der Waals surface area contributed by atoms with Crippen LogP contribution in [0.1, 0.15) is 43.8 Å². The van der Waals surface area contributed by atoms with E-state index in [0.29, 0.717) is 38.8 Å². The number of amides is 2. The molecule has 4 rings (SSSR count). The number of imidazole rings is 2. The van der Waals surface area contributed by atoms with Crippen molar-refractivity contribution in [2.75, 3.05) is 39.3 Å². The van der Waals surface area contributed by atoms with E-state index < -0.39 is 0 Å². The maximum atomic E-state index is 12.1. The average molecular weight is 533 g/mol. The summed E-state index contributed by atoms with van der Waals surface area (Å²) in [5, 5.41) is 12.8. The molecule has 0 saturated carbocycles. The van der Waals surface area contributed by atoms with Crippen molar-refractivity contribution in [2.45, 2.75) is 44.9 Å². The van der Waals surface area contributed by atoms with Gasteiger partial charge in [0.25, 0.3) is 0 Å². The van der Waals surface area contributed by atoms with Crippen LogP contribution in [0.3, 0.4) is 0 Å². The second-order valence-corrected chi connectivity index (χ2v) is 9.66. The fraction of sp³-hybridized carbons (Fsp3) is 0.448. The quantitative estimate of drug-likeness (QED) is 0.109. The summed E-state index contributed by atoms with van der Waals surface area (Å²) in [5.74, 6) is 1.81. The number of benzene rings is 2. The van der Waals surface area contributed by atoms with Crippen LogP contribution in [0.4, 0.5) is 0 Å². The highest BCUT2D eigenvalue weighted by Gasteiger charge is 2.07. The van der Waals surface area contributed by atoms with Crippen molar-refractivity contribution in [3.63, 3.8) is 0 Å². The number of carbonyl (C=O) groups excluding carboxylic acids is 2. The number of nitrogens with one attached hydrogen (secondary N) is 6. The minimum Gasteiger partial charge on any atom is -0.356 e. The first-order valence-electron chi connectivity index (χ1n) is 14.0. The van der Waals surface area contributed by atoms with Crippen molar-refractivity contribution in [1.29, 1.82) is 0 Å². The number of H-pyrrole nitrogens is 2. The molecule has 4 aromatic rings. The number of rotatable bonds is 18. The van der Waals surface area contributed by atoms with Gasteiger partial charge in [-0.2, -0.15) is 0 Å². The van der Waals surface area contributed by atoms with Gasteiger partial charge in [0.2, 0.25) is 11.8 Å². The lowest BCUT2D eigenvalue weighted by Gasteiger charge is -2.08. The van der Waals surface area contributed by atoms with E-state index in [2.05, 4.69) is 41.2 Å². The Kier molecular flexibility index (Phi) is 11.3. The van der Waals surface area contributed by atoms with E-state index in [9.17, 15) is 9.59 Å². The van der Waals surface area contributed by atoms with E-state index in [1.165, 1.54) is 0 Å². The normalized spacial score (nSPS) is 11.3. The van der Waals surface area contributed by atoms with Crippen LogP contribution in [0.25, 0.3) is 22.1 Å². The number of para-hydroxylation sites is 4. The molecule has 2 amide bonds. The number of hydrogen-bond donors (Lipinski definition) is 6. The number of nitrogens with zero attached hydrogens (tertiary/aromatic N) is 2. The monoisotopic (exact) mass is 532 g/mol. The molecule has 0 fully saturated rings. The van der Waals surface area contributed by atoms with Gasteiger partial charge in [0.05, 0.1) is 22.1 Å². The molecular formula is C29H40N8O2. The third kappa shape index (κ3) is 9.81. The van der Waals surface area contributed by atoms with Crippen molar-refractivity contribution in [1.82, 2.24) is 41.2 Å². The van der Waals surface area contributed by atoms with Crippen molar-refractivity contribution in [2.24, 2.45) is 0 Å². The van der Waals surface area contributed by atoms with E-state index >= 15 is 0 Å². The molecule has 0 atom stereocenters. The second-order valence-electron chi connectivity index (χ2n) is 9.66. The number of aryl methyl sites for hydroxylation is 2. The minimum atomic E-state index is 0.0575. The van der Waals surface area contributed by atoms with Crippen LogP contribution < -0.4 is 21.3 Å². The number of hydrogen-bond acceptors (Lipinski definition) is 6. The van der Waals surface area contributed by atoms with Crippen LogP contribution in [0.15, 0.2) is 48.5 Å². The third-order valence-electron chi connectivity index (χ3n) is 6.47. The van der Waals surface area contributed by atoms with Crippen LogP contribution in [-0.2, 0) is 22.4 Å². The highest BCUT2D eigenvalue weighted by Crippen LogP contribution is 2.12. The highest BCUT2D eigenvalue weighted by atomic mass is 16.2. The number of aromatic nitrogens is 4. The zero-order valence-electron chi connectivity index (χ0n) is 22.5. The lowest BCUT2D eigenvalue weighted by molar-refractivity contribution is -0.121. The Hall–Kier alpha value is -3.76. The first-order chi connectivity index (χ1) is 19.2. The summed E-state index contributed by atoms with van der Waals surface area (Å²) < 4.78 is 0. The summed E-state index contributed by atoms with van der Waals surface area (Å²) in [6, 6.07) is 15.8. The highest BCUT2D eigenvalue weighted by molar-refractivity contribution is 5.78. The molecule has 0 bridgehead atoms. The molecule has 0 spiro atoms. The van der Waals surface area contributed by atoms with Gasteiger partial charge in [-0.25, -0.2) is 9.97 Å². The van der Waals surface area contributed by atoms with Gasteiger partial charge in [-0.3, -0.25) is 9.59 Å². The molecule has 10 heteroatoms. The summed E-state index contributed by atoms with van der Waals surface area (Å²) in [5.41, 5.74) is 3.88. The van der Waals surface area contributed by atoms with Gasteiger partial charge in [-0.05, 0) is 69.7 Å². The van der Waals surface area contributed by atoms with Gasteiger partial charge in [0, 0.05) is 38.8 Å². The molecule has 10 nitrogen and oxygen atoms in total. The lowest BCUT2D eigenvalue weighted by Crippen LogP contribution is -2.29.